The van der Waals surface area contributed by atoms with Gasteiger partial charge in [-0.2, -0.15) is 13.2 Å². The van der Waals surface area contributed by atoms with Crippen LogP contribution in [-0.4, -0.2) is 45.7 Å². The minimum absolute atomic E-state index is 0.0709. The van der Waals surface area contributed by atoms with E-state index >= 15 is 0 Å². The van der Waals surface area contributed by atoms with Crippen molar-refractivity contribution in [2.75, 3.05) is 31.1 Å². The molecule has 2 aromatic heterocycles. The van der Waals surface area contributed by atoms with Gasteiger partial charge in [-0.25, -0.2) is 4.39 Å². The zero-order valence-electron chi connectivity index (χ0n) is 18.9. The average Bonchev–Trinajstić information content (AvgIpc) is 3.51. The van der Waals surface area contributed by atoms with Gasteiger partial charge in [-0.05, 0) is 67.5 Å². The van der Waals surface area contributed by atoms with Gasteiger partial charge in [-0.3, -0.25) is 9.30 Å². The molecule has 1 spiro atoms. The van der Waals surface area contributed by atoms with Gasteiger partial charge in [-0.1, -0.05) is 0 Å². The maximum atomic E-state index is 14.1. The maximum Gasteiger partial charge on any atom is 0.420 e. The summed E-state index contributed by atoms with van der Waals surface area (Å²) in [4.78, 5) is 4.36. The number of benzene rings is 1. The lowest BCUT2D eigenvalue weighted by molar-refractivity contribution is -0.137. The fraction of sp³-hybridized carbons (Fsp3) is 0.520. The first kappa shape index (κ1) is 21.8. The van der Waals surface area contributed by atoms with Crippen molar-refractivity contribution >= 4 is 11.3 Å². The van der Waals surface area contributed by atoms with Crippen LogP contribution in [0.3, 0.4) is 0 Å². The van der Waals surface area contributed by atoms with E-state index < -0.39 is 11.7 Å². The second kappa shape index (κ2) is 7.93. The highest BCUT2D eigenvalue weighted by molar-refractivity contribution is 5.54. The number of hydrogen-bond donors (Lipinski definition) is 0. The molecular weight excluding hydrogens is 446 g/mol. The Kier molecular flexibility index (Phi) is 5.09. The zero-order valence-corrected chi connectivity index (χ0v) is 18.9. The van der Waals surface area contributed by atoms with Gasteiger partial charge in [0.1, 0.15) is 17.2 Å². The number of nitrogens with zero attached hydrogens (tertiary/aromatic N) is 5. The predicted octanol–water partition coefficient (Wildman–Crippen LogP) is 4.94. The normalized spacial score (nSPS) is 20.8. The van der Waals surface area contributed by atoms with Crippen molar-refractivity contribution in [3.8, 4) is 0 Å². The van der Waals surface area contributed by atoms with Crippen LogP contribution in [0, 0.1) is 17.2 Å². The third kappa shape index (κ3) is 4.04. The summed E-state index contributed by atoms with van der Waals surface area (Å²) >= 11 is 0. The molecule has 0 radical (unpaired) electrons. The summed E-state index contributed by atoms with van der Waals surface area (Å²) in [7, 11) is 0. The average molecular weight is 474 g/mol. The molecular formula is C25H27F4N5. The van der Waals surface area contributed by atoms with Gasteiger partial charge in [0.25, 0.3) is 0 Å². The molecule has 1 saturated carbocycles. The van der Waals surface area contributed by atoms with E-state index in [1.54, 1.807) is 24.4 Å². The molecule has 3 fully saturated rings. The van der Waals surface area contributed by atoms with Gasteiger partial charge in [0.15, 0.2) is 5.65 Å². The highest BCUT2D eigenvalue weighted by atomic mass is 19.4. The molecule has 1 aliphatic carbocycles. The number of piperidine rings is 1. The van der Waals surface area contributed by atoms with Gasteiger partial charge < -0.3 is 4.90 Å². The minimum Gasteiger partial charge on any atom is -0.371 e. The summed E-state index contributed by atoms with van der Waals surface area (Å²) in [6.07, 6.45) is 2.17. The molecule has 1 aromatic carbocycles. The van der Waals surface area contributed by atoms with Crippen LogP contribution >= 0.6 is 0 Å². The van der Waals surface area contributed by atoms with Crippen LogP contribution in [0.1, 0.15) is 42.6 Å². The lowest BCUT2D eigenvalue weighted by Gasteiger charge is -2.55. The van der Waals surface area contributed by atoms with E-state index in [2.05, 4.69) is 20.0 Å². The Labute approximate surface area is 195 Å². The molecule has 3 aliphatic rings. The van der Waals surface area contributed by atoms with E-state index in [0.717, 1.165) is 57.5 Å². The molecule has 4 heterocycles. The van der Waals surface area contributed by atoms with E-state index in [0.29, 0.717) is 18.2 Å². The molecule has 3 aromatic rings. The Balaban J connectivity index is 1.19. The monoisotopic (exact) mass is 473 g/mol. The fourth-order valence-electron chi connectivity index (χ4n) is 5.80. The number of fused-ring (bicyclic) bond motifs is 1. The number of pyridine rings is 1. The second-order valence-corrected chi connectivity index (χ2v) is 10.3. The van der Waals surface area contributed by atoms with Crippen molar-refractivity contribution in [2.45, 2.75) is 44.8 Å². The molecule has 9 heteroatoms. The molecule has 0 unspecified atom stereocenters. The molecule has 5 nitrogen and oxygen atoms in total. The minimum atomic E-state index is -4.49. The van der Waals surface area contributed by atoms with E-state index in [9.17, 15) is 17.6 Å². The highest BCUT2D eigenvalue weighted by Gasteiger charge is 2.46. The topological polar surface area (TPSA) is 36.7 Å². The van der Waals surface area contributed by atoms with Crippen LogP contribution in [-0.2, 0) is 19.1 Å². The molecule has 0 atom stereocenters. The molecule has 0 amide bonds. The number of anilines is 1. The Morgan fingerprint density at radius 1 is 1.00 bits per heavy atom. The lowest BCUT2D eigenvalue weighted by atomic mass is 9.73. The van der Waals surface area contributed by atoms with E-state index in [-0.39, 0.29) is 29.0 Å². The Morgan fingerprint density at radius 2 is 1.76 bits per heavy atom. The smallest absolute Gasteiger partial charge is 0.371 e. The van der Waals surface area contributed by atoms with Crippen molar-refractivity contribution < 1.29 is 17.6 Å². The van der Waals surface area contributed by atoms with Crippen LogP contribution in [0.15, 0.2) is 36.5 Å². The molecule has 34 heavy (non-hydrogen) atoms. The zero-order chi connectivity index (χ0) is 23.5. The van der Waals surface area contributed by atoms with Crippen LogP contribution < -0.4 is 4.90 Å². The summed E-state index contributed by atoms with van der Waals surface area (Å²) < 4.78 is 57.2. The first-order chi connectivity index (χ1) is 16.3. The SMILES string of the molecule is Fc1ccc(N2CCCC3(CN(Cc4ccn5c(CC6CC6)nnc5c4C(F)(F)F)C3)C2)cc1. The Bertz CT molecular complexity index is 1190. The van der Waals surface area contributed by atoms with Crippen molar-refractivity contribution in [1.82, 2.24) is 19.5 Å². The molecule has 0 bridgehead atoms. The number of likely N-dealkylation sites (tertiary alicyclic amines) is 1. The molecule has 0 N–H and O–H groups in total. The summed E-state index contributed by atoms with van der Waals surface area (Å²) in [5.41, 5.74) is 0.573. The third-order valence-electron chi connectivity index (χ3n) is 7.55. The second-order valence-electron chi connectivity index (χ2n) is 10.3. The highest BCUT2D eigenvalue weighted by Crippen LogP contribution is 2.43. The summed E-state index contributed by atoms with van der Waals surface area (Å²) in [5.74, 6) is 0.874. The largest absolute Gasteiger partial charge is 0.420 e. The van der Waals surface area contributed by atoms with Crippen molar-refractivity contribution in [1.29, 1.82) is 0 Å². The van der Waals surface area contributed by atoms with Crippen LogP contribution in [0.25, 0.3) is 5.65 Å². The van der Waals surface area contributed by atoms with E-state index in [4.69, 9.17) is 0 Å². The lowest BCUT2D eigenvalue weighted by Crippen LogP contribution is -2.62. The molecule has 2 aliphatic heterocycles. The number of halogens is 4. The van der Waals surface area contributed by atoms with Crippen molar-refractivity contribution in [3.05, 3.63) is 59.3 Å². The van der Waals surface area contributed by atoms with Gasteiger partial charge in [0.05, 0.1) is 0 Å². The van der Waals surface area contributed by atoms with Gasteiger partial charge in [0.2, 0.25) is 0 Å². The summed E-state index contributed by atoms with van der Waals surface area (Å²) in [6, 6.07) is 8.13. The first-order valence-electron chi connectivity index (χ1n) is 12.0. The van der Waals surface area contributed by atoms with E-state index in [1.165, 1.54) is 16.5 Å². The molecule has 6 rings (SSSR count). The van der Waals surface area contributed by atoms with Gasteiger partial charge >= 0.3 is 6.18 Å². The van der Waals surface area contributed by atoms with Gasteiger partial charge in [0, 0.05) is 56.4 Å². The van der Waals surface area contributed by atoms with E-state index in [1.807, 2.05) is 0 Å². The number of alkyl halides is 3. The quantitative estimate of drug-likeness (QED) is 0.492. The first-order valence-corrected chi connectivity index (χ1v) is 12.0. The number of aromatic nitrogens is 3. The Hall–Kier alpha value is -2.68. The third-order valence-corrected chi connectivity index (χ3v) is 7.55. The summed E-state index contributed by atoms with van der Waals surface area (Å²) in [5, 5.41) is 8.04. The van der Waals surface area contributed by atoms with Crippen LogP contribution in [0.2, 0.25) is 0 Å². The van der Waals surface area contributed by atoms with Gasteiger partial charge in [-0.15, -0.1) is 10.2 Å². The summed E-state index contributed by atoms with van der Waals surface area (Å²) in [6.45, 7) is 3.52. The maximum absolute atomic E-state index is 14.1. The van der Waals surface area contributed by atoms with Crippen LogP contribution in [0.5, 0.6) is 0 Å². The Morgan fingerprint density at radius 3 is 2.47 bits per heavy atom. The number of rotatable bonds is 5. The standard InChI is InChI=1S/C25H27F4N5/c26-19-4-6-20(7-5-19)33-10-1-9-24(16-33)14-32(15-24)13-18-8-11-34-21(12-17-2-3-17)30-31-23(34)22(18)25(27,28)29/h4-8,11,17H,1-3,9-10,12-16H2. The van der Waals surface area contributed by atoms with Crippen molar-refractivity contribution in [2.24, 2.45) is 11.3 Å². The predicted molar refractivity (Wildman–Crippen MR) is 120 cm³/mol. The number of hydrogen-bond acceptors (Lipinski definition) is 4. The molecule has 2 saturated heterocycles. The van der Waals surface area contributed by atoms with Crippen molar-refractivity contribution in [3.63, 3.8) is 0 Å². The van der Waals surface area contributed by atoms with Crippen LogP contribution in [0.4, 0.5) is 23.2 Å². The fourth-order valence-corrected chi connectivity index (χ4v) is 5.80. The molecule has 180 valence electrons.